The van der Waals surface area contributed by atoms with Crippen LogP contribution in [-0.4, -0.2) is 29.2 Å². The van der Waals surface area contributed by atoms with E-state index in [0.717, 1.165) is 28.0 Å². The number of fused-ring (bicyclic) bond motifs is 5. The summed E-state index contributed by atoms with van der Waals surface area (Å²) in [6.07, 6.45) is 5.14. The molecule has 178 valence electrons. The summed E-state index contributed by atoms with van der Waals surface area (Å²) in [4.78, 5) is 0. The Morgan fingerprint density at radius 3 is 2.60 bits per heavy atom. The van der Waals surface area contributed by atoms with Crippen molar-refractivity contribution in [2.45, 2.75) is 26.3 Å². The van der Waals surface area contributed by atoms with Gasteiger partial charge in [-0.25, -0.2) is 4.39 Å². The normalized spacial score (nSPS) is 16.6. The second-order valence-electron chi connectivity index (χ2n) is 9.20. The molecule has 5 rings (SSSR count). The van der Waals surface area contributed by atoms with E-state index in [0.29, 0.717) is 33.9 Å². The molecule has 0 bridgehead atoms. The standard InChI is InChI=1S/C28H25FN2O4/c1-15-13-28(2,3)31-20-8-7-19-25(24(15)20)23(12-16-5-6-18(29)11-17(16)14-30-33)35-22-10-9-21(32)27(34-4)26(19)22/h5-14,31-33H,1-4H3/b23-12-,30-14+. The van der Waals surface area contributed by atoms with Crippen LogP contribution < -0.4 is 14.8 Å². The second-order valence-corrected chi connectivity index (χ2v) is 9.20. The molecule has 0 saturated heterocycles. The lowest BCUT2D eigenvalue weighted by molar-refractivity contribution is 0.322. The van der Waals surface area contributed by atoms with E-state index in [9.17, 15) is 9.50 Å². The zero-order chi connectivity index (χ0) is 24.9. The molecule has 3 aromatic rings. The van der Waals surface area contributed by atoms with E-state index in [1.165, 1.54) is 31.5 Å². The zero-order valence-corrected chi connectivity index (χ0v) is 19.8. The van der Waals surface area contributed by atoms with Crippen LogP contribution in [0.1, 0.15) is 43.0 Å². The van der Waals surface area contributed by atoms with Crippen molar-refractivity contribution in [1.29, 1.82) is 0 Å². The van der Waals surface area contributed by atoms with E-state index >= 15 is 0 Å². The first kappa shape index (κ1) is 22.5. The van der Waals surface area contributed by atoms with E-state index < -0.39 is 5.82 Å². The number of benzene rings is 3. The van der Waals surface area contributed by atoms with E-state index in [1.807, 2.05) is 12.1 Å². The number of ether oxygens (including phenoxy) is 2. The quantitative estimate of drug-likeness (QED) is 0.230. The van der Waals surface area contributed by atoms with Crippen LogP contribution in [0.15, 0.2) is 53.7 Å². The van der Waals surface area contributed by atoms with Crippen LogP contribution in [0.2, 0.25) is 0 Å². The Bertz CT molecular complexity index is 1450. The number of methoxy groups -OCH3 is 1. The van der Waals surface area contributed by atoms with E-state index in [4.69, 9.17) is 14.7 Å². The molecule has 0 unspecified atom stereocenters. The van der Waals surface area contributed by atoms with Crippen molar-refractivity contribution >= 4 is 29.3 Å². The lowest BCUT2D eigenvalue weighted by Gasteiger charge is -2.35. The van der Waals surface area contributed by atoms with Gasteiger partial charge < -0.3 is 25.1 Å². The highest BCUT2D eigenvalue weighted by atomic mass is 19.1. The monoisotopic (exact) mass is 472 g/mol. The van der Waals surface area contributed by atoms with Crippen LogP contribution in [0, 0.1) is 5.82 Å². The molecule has 6 nitrogen and oxygen atoms in total. The molecule has 0 spiro atoms. The summed E-state index contributed by atoms with van der Waals surface area (Å²) < 4.78 is 25.9. The van der Waals surface area contributed by atoms with Gasteiger partial charge in [0.15, 0.2) is 11.5 Å². The van der Waals surface area contributed by atoms with Gasteiger partial charge in [-0.05, 0) is 68.3 Å². The predicted octanol–water partition coefficient (Wildman–Crippen LogP) is 6.51. The summed E-state index contributed by atoms with van der Waals surface area (Å²) >= 11 is 0. The number of phenols is 1. The van der Waals surface area contributed by atoms with E-state index in [2.05, 4.69) is 37.3 Å². The summed E-state index contributed by atoms with van der Waals surface area (Å²) in [6, 6.07) is 11.5. The molecule has 7 heteroatoms. The number of nitrogens with zero attached hydrogens (tertiary/aromatic N) is 1. The smallest absolute Gasteiger partial charge is 0.172 e. The van der Waals surface area contributed by atoms with Crippen LogP contribution in [0.3, 0.4) is 0 Å². The average molecular weight is 473 g/mol. The molecule has 3 aromatic carbocycles. The maximum atomic E-state index is 13.9. The molecule has 2 heterocycles. The number of nitrogens with one attached hydrogen (secondary N) is 1. The number of hydrogen-bond acceptors (Lipinski definition) is 6. The number of oxime groups is 1. The molecular weight excluding hydrogens is 447 g/mol. The lowest BCUT2D eigenvalue weighted by Crippen LogP contribution is -2.32. The van der Waals surface area contributed by atoms with Crippen molar-refractivity contribution in [3.8, 4) is 28.4 Å². The maximum absolute atomic E-state index is 13.9. The fourth-order valence-electron chi connectivity index (χ4n) is 4.94. The SMILES string of the molecule is COc1c(O)ccc2c1-c1ccc3c(c1/C(=C/c1ccc(F)cc1/C=N/O)O2)C(C)=CC(C)(C)N3. The largest absolute Gasteiger partial charge is 0.504 e. The molecule has 0 radical (unpaired) electrons. The van der Waals surface area contributed by atoms with Crippen LogP contribution in [-0.2, 0) is 0 Å². The van der Waals surface area contributed by atoms with Crippen LogP contribution in [0.4, 0.5) is 10.1 Å². The lowest BCUT2D eigenvalue weighted by atomic mass is 9.82. The summed E-state index contributed by atoms with van der Waals surface area (Å²) in [7, 11) is 1.51. The maximum Gasteiger partial charge on any atom is 0.172 e. The first-order valence-electron chi connectivity index (χ1n) is 11.1. The fourth-order valence-corrected chi connectivity index (χ4v) is 4.94. The molecule has 35 heavy (non-hydrogen) atoms. The first-order valence-corrected chi connectivity index (χ1v) is 11.1. The Hall–Kier alpha value is -4.26. The average Bonchev–Trinajstić information content (AvgIpc) is 2.80. The summed E-state index contributed by atoms with van der Waals surface area (Å²) in [5.74, 6) is 0.940. The number of allylic oxidation sites excluding steroid dienone is 1. The minimum absolute atomic E-state index is 0.0115. The first-order chi connectivity index (χ1) is 16.7. The van der Waals surface area contributed by atoms with Crippen LogP contribution in [0.5, 0.6) is 17.2 Å². The molecule has 0 amide bonds. The third-order valence-electron chi connectivity index (χ3n) is 6.20. The molecule has 0 aliphatic carbocycles. The molecule has 2 aliphatic rings. The summed E-state index contributed by atoms with van der Waals surface area (Å²) in [5.41, 5.74) is 6.04. The van der Waals surface area contributed by atoms with Crippen molar-refractivity contribution in [2.24, 2.45) is 5.16 Å². The van der Waals surface area contributed by atoms with Crippen molar-refractivity contribution in [1.82, 2.24) is 0 Å². The minimum Gasteiger partial charge on any atom is -0.504 e. The molecule has 0 aromatic heterocycles. The van der Waals surface area contributed by atoms with Gasteiger partial charge in [-0.2, -0.15) is 0 Å². The van der Waals surface area contributed by atoms with Crippen LogP contribution >= 0.6 is 0 Å². The fraction of sp³-hybridized carbons (Fsp3) is 0.179. The van der Waals surface area contributed by atoms with E-state index in [1.54, 1.807) is 18.2 Å². The molecule has 0 atom stereocenters. The Balaban J connectivity index is 1.84. The Morgan fingerprint density at radius 2 is 1.86 bits per heavy atom. The third kappa shape index (κ3) is 3.79. The van der Waals surface area contributed by atoms with Crippen molar-refractivity contribution < 1.29 is 24.2 Å². The van der Waals surface area contributed by atoms with Crippen molar-refractivity contribution in [2.75, 3.05) is 12.4 Å². The Labute approximate surface area is 202 Å². The van der Waals surface area contributed by atoms with Gasteiger partial charge in [0.05, 0.1) is 24.4 Å². The molecule has 0 fully saturated rings. The van der Waals surface area contributed by atoms with Gasteiger partial charge in [0.2, 0.25) is 0 Å². The minimum atomic E-state index is -0.444. The molecule has 3 N–H and O–H groups in total. The topological polar surface area (TPSA) is 83.3 Å². The molecular formula is C28H25FN2O4. The van der Waals surface area contributed by atoms with Crippen molar-refractivity contribution in [3.63, 3.8) is 0 Å². The molecule has 2 aliphatic heterocycles. The van der Waals surface area contributed by atoms with E-state index in [-0.39, 0.29) is 11.3 Å². The van der Waals surface area contributed by atoms with Crippen molar-refractivity contribution in [3.05, 3.63) is 76.6 Å². The highest BCUT2D eigenvalue weighted by molar-refractivity contribution is 6.03. The number of rotatable bonds is 3. The van der Waals surface area contributed by atoms with Gasteiger partial charge in [-0.1, -0.05) is 23.4 Å². The zero-order valence-electron chi connectivity index (χ0n) is 19.8. The number of aromatic hydroxyl groups is 1. The Kier molecular flexibility index (Phi) is 5.28. The van der Waals surface area contributed by atoms with Gasteiger partial charge in [-0.15, -0.1) is 0 Å². The predicted molar refractivity (Wildman–Crippen MR) is 136 cm³/mol. The van der Waals surface area contributed by atoms with Crippen LogP contribution in [0.25, 0.3) is 28.5 Å². The van der Waals surface area contributed by atoms with Gasteiger partial charge in [0.1, 0.15) is 17.3 Å². The number of anilines is 1. The number of phenolic OH excluding ortho intramolecular Hbond substituents is 1. The van der Waals surface area contributed by atoms with Gasteiger partial charge in [0, 0.05) is 27.9 Å². The van der Waals surface area contributed by atoms with Gasteiger partial charge in [-0.3, -0.25) is 0 Å². The number of halogens is 1. The Morgan fingerprint density at radius 1 is 1.06 bits per heavy atom. The summed E-state index contributed by atoms with van der Waals surface area (Å²) in [5, 5.41) is 26.2. The highest BCUT2D eigenvalue weighted by Crippen LogP contribution is 2.54. The highest BCUT2D eigenvalue weighted by Gasteiger charge is 2.33. The third-order valence-corrected chi connectivity index (χ3v) is 6.20. The van der Waals surface area contributed by atoms with Gasteiger partial charge >= 0.3 is 0 Å². The summed E-state index contributed by atoms with van der Waals surface area (Å²) in [6.45, 7) is 6.25. The molecule has 0 saturated carbocycles. The van der Waals surface area contributed by atoms with Gasteiger partial charge in [0.25, 0.3) is 0 Å². The number of hydrogen-bond donors (Lipinski definition) is 3. The second kappa shape index (κ2) is 8.20.